The molecule has 0 saturated heterocycles. The van der Waals surface area contributed by atoms with Gasteiger partial charge >= 0.3 is 0 Å². The van der Waals surface area contributed by atoms with Gasteiger partial charge in [-0.3, -0.25) is 0 Å². The first-order valence-corrected chi connectivity index (χ1v) is 6.79. The molecule has 20 heavy (non-hydrogen) atoms. The number of methoxy groups -OCH3 is 1. The number of nitrogens with zero attached hydrogens (tertiary/aromatic N) is 2. The lowest BCUT2D eigenvalue weighted by atomic mass is 10.0. The molecule has 5 nitrogen and oxygen atoms in total. The van der Waals surface area contributed by atoms with Crippen molar-refractivity contribution in [2.45, 2.75) is 26.3 Å². The van der Waals surface area contributed by atoms with Crippen molar-refractivity contribution in [1.29, 1.82) is 0 Å². The molecule has 1 aromatic heterocycles. The summed E-state index contributed by atoms with van der Waals surface area (Å²) in [6, 6.07) is 7.97. The van der Waals surface area contributed by atoms with Crippen molar-refractivity contribution in [2.75, 3.05) is 14.2 Å². The van der Waals surface area contributed by atoms with E-state index in [4.69, 9.17) is 9.26 Å². The molecule has 0 bridgehead atoms. The summed E-state index contributed by atoms with van der Waals surface area (Å²) in [7, 11) is 3.58. The minimum atomic E-state index is 0.320. The number of rotatable bonds is 6. The first kappa shape index (κ1) is 14.5. The van der Waals surface area contributed by atoms with E-state index in [1.165, 1.54) is 0 Å². The SMILES string of the molecule is CNC(Cc1nc(-c2ccccc2OC)no1)C(C)C. The Bertz CT molecular complexity index is 552. The van der Waals surface area contributed by atoms with Gasteiger partial charge in [-0.15, -0.1) is 0 Å². The van der Waals surface area contributed by atoms with Crippen molar-refractivity contribution < 1.29 is 9.26 Å². The van der Waals surface area contributed by atoms with Gasteiger partial charge in [0.15, 0.2) is 0 Å². The molecule has 5 heteroatoms. The second kappa shape index (κ2) is 6.52. The highest BCUT2D eigenvalue weighted by atomic mass is 16.5. The molecule has 2 aromatic rings. The smallest absolute Gasteiger partial charge is 0.228 e. The van der Waals surface area contributed by atoms with Crippen molar-refractivity contribution in [3.8, 4) is 17.1 Å². The highest BCUT2D eigenvalue weighted by Gasteiger charge is 2.18. The van der Waals surface area contributed by atoms with Crippen LogP contribution in [0, 0.1) is 5.92 Å². The van der Waals surface area contributed by atoms with Crippen LogP contribution in [0.25, 0.3) is 11.4 Å². The van der Waals surface area contributed by atoms with Crippen molar-refractivity contribution in [1.82, 2.24) is 15.5 Å². The number of para-hydroxylation sites is 1. The van der Waals surface area contributed by atoms with E-state index < -0.39 is 0 Å². The van der Waals surface area contributed by atoms with Crippen LogP contribution in [0.3, 0.4) is 0 Å². The molecule has 0 aliphatic carbocycles. The Morgan fingerprint density at radius 1 is 1.30 bits per heavy atom. The Balaban J connectivity index is 2.20. The predicted molar refractivity (Wildman–Crippen MR) is 77.7 cm³/mol. The largest absolute Gasteiger partial charge is 0.496 e. The summed E-state index contributed by atoms with van der Waals surface area (Å²) < 4.78 is 10.7. The van der Waals surface area contributed by atoms with Crippen LogP contribution in [0.1, 0.15) is 19.7 Å². The summed E-state index contributed by atoms with van der Waals surface area (Å²) in [6.07, 6.45) is 0.719. The van der Waals surface area contributed by atoms with Gasteiger partial charge in [0.1, 0.15) is 5.75 Å². The normalized spacial score (nSPS) is 12.7. The zero-order valence-corrected chi connectivity index (χ0v) is 12.4. The number of ether oxygens (including phenoxy) is 1. The number of nitrogens with one attached hydrogen (secondary N) is 1. The summed E-state index contributed by atoms with van der Waals surface area (Å²) in [5, 5.41) is 7.32. The maximum absolute atomic E-state index is 5.34. The van der Waals surface area contributed by atoms with Crippen LogP contribution in [-0.2, 0) is 6.42 Å². The molecule has 0 aliphatic heterocycles. The molecule has 1 unspecified atom stereocenters. The van der Waals surface area contributed by atoms with Crippen molar-refractivity contribution in [2.24, 2.45) is 5.92 Å². The molecule has 108 valence electrons. The van der Waals surface area contributed by atoms with Gasteiger partial charge in [-0.05, 0) is 25.1 Å². The van der Waals surface area contributed by atoms with Gasteiger partial charge in [0.25, 0.3) is 0 Å². The van der Waals surface area contributed by atoms with Crippen molar-refractivity contribution in [3.05, 3.63) is 30.2 Å². The van der Waals surface area contributed by atoms with Crippen LogP contribution in [0.4, 0.5) is 0 Å². The van der Waals surface area contributed by atoms with Gasteiger partial charge in [0.05, 0.1) is 12.7 Å². The number of likely N-dealkylation sites (N-methyl/N-ethyl adjacent to an activating group) is 1. The van der Waals surface area contributed by atoms with Crippen LogP contribution >= 0.6 is 0 Å². The van der Waals surface area contributed by atoms with Crippen molar-refractivity contribution in [3.63, 3.8) is 0 Å². The zero-order valence-electron chi connectivity index (χ0n) is 12.4. The third-order valence-electron chi connectivity index (χ3n) is 3.39. The van der Waals surface area contributed by atoms with E-state index in [1.807, 2.05) is 31.3 Å². The van der Waals surface area contributed by atoms with Crippen LogP contribution in [0.5, 0.6) is 5.75 Å². The first-order valence-electron chi connectivity index (χ1n) is 6.79. The first-order chi connectivity index (χ1) is 9.65. The third kappa shape index (κ3) is 3.17. The summed E-state index contributed by atoms with van der Waals surface area (Å²) in [4.78, 5) is 4.46. The number of hydrogen-bond donors (Lipinski definition) is 1. The van der Waals surface area contributed by atoms with Crippen LogP contribution in [0.15, 0.2) is 28.8 Å². The molecule has 1 N–H and O–H groups in total. The lowest BCUT2D eigenvalue weighted by molar-refractivity contribution is 0.335. The number of aromatic nitrogens is 2. The molecule has 0 saturated carbocycles. The molecule has 0 radical (unpaired) electrons. The van der Waals surface area contributed by atoms with E-state index in [0.717, 1.165) is 17.7 Å². The molecule has 0 aliphatic rings. The fourth-order valence-electron chi connectivity index (χ4n) is 2.14. The monoisotopic (exact) mass is 275 g/mol. The fraction of sp³-hybridized carbons (Fsp3) is 0.467. The van der Waals surface area contributed by atoms with Gasteiger partial charge in [-0.25, -0.2) is 0 Å². The molecular weight excluding hydrogens is 254 g/mol. The lowest BCUT2D eigenvalue weighted by Gasteiger charge is -2.17. The summed E-state index contributed by atoms with van der Waals surface area (Å²) in [6.45, 7) is 4.33. The van der Waals surface area contributed by atoms with E-state index in [-0.39, 0.29) is 0 Å². The highest BCUT2D eigenvalue weighted by molar-refractivity contribution is 5.63. The molecule has 0 fully saturated rings. The van der Waals surface area contributed by atoms with Gasteiger partial charge in [-0.2, -0.15) is 4.98 Å². The fourth-order valence-corrected chi connectivity index (χ4v) is 2.14. The van der Waals surface area contributed by atoms with Crippen LogP contribution in [0.2, 0.25) is 0 Å². The zero-order chi connectivity index (χ0) is 14.5. The van der Waals surface area contributed by atoms with Crippen LogP contribution < -0.4 is 10.1 Å². The average Bonchev–Trinajstić information content (AvgIpc) is 2.92. The van der Waals surface area contributed by atoms with Gasteiger partial charge in [-0.1, -0.05) is 31.1 Å². The van der Waals surface area contributed by atoms with Crippen molar-refractivity contribution >= 4 is 0 Å². The summed E-state index contributed by atoms with van der Waals surface area (Å²) in [5.41, 5.74) is 0.843. The molecule has 0 amide bonds. The van der Waals surface area contributed by atoms with E-state index in [9.17, 15) is 0 Å². The summed E-state index contributed by atoms with van der Waals surface area (Å²) >= 11 is 0. The van der Waals surface area contributed by atoms with Gasteiger partial charge in [0, 0.05) is 12.5 Å². The average molecular weight is 275 g/mol. The molecule has 1 atom stereocenters. The second-order valence-electron chi connectivity index (χ2n) is 5.06. The quantitative estimate of drug-likeness (QED) is 0.878. The second-order valence-corrected chi connectivity index (χ2v) is 5.06. The minimum absolute atomic E-state index is 0.320. The predicted octanol–water partition coefficient (Wildman–Crippen LogP) is 2.53. The number of hydrogen-bond acceptors (Lipinski definition) is 5. The molecule has 1 aromatic carbocycles. The van der Waals surface area contributed by atoms with Gasteiger partial charge < -0.3 is 14.6 Å². The highest BCUT2D eigenvalue weighted by Crippen LogP contribution is 2.27. The molecule has 2 rings (SSSR count). The minimum Gasteiger partial charge on any atom is -0.496 e. The Morgan fingerprint density at radius 2 is 2.05 bits per heavy atom. The topological polar surface area (TPSA) is 60.2 Å². The Kier molecular flexibility index (Phi) is 4.74. The van der Waals surface area contributed by atoms with E-state index in [0.29, 0.717) is 23.7 Å². The third-order valence-corrected chi connectivity index (χ3v) is 3.39. The maximum atomic E-state index is 5.34. The van der Waals surface area contributed by atoms with Gasteiger partial charge in [0.2, 0.25) is 11.7 Å². The Hall–Kier alpha value is -1.88. The Labute approximate surface area is 119 Å². The lowest BCUT2D eigenvalue weighted by Crippen LogP contribution is -2.32. The molecular formula is C15H21N3O2. The summed E-state index contributed by atoms with van der Waals surface area (Å²) in [5.74, 6) is 2.45. The van der Waals surface area contributed by atoms with E-state index in [1.54, 1.807) is 7.11 Å². The van der Waals surface area contributed by atoms with Crippen LogP contribution in [-0.4, -0.2) is 30.3 Å². The van der Waals surface area contributed by atoms with E-state index in [2.05, 4.69) is 29.3 Å². The standard InChI is InChI=1S/C15H21N3O2/c1-10(2)12(16-3)9-14-17-15(18-20-14)11-7-5-6-8-13(11)19-4/h5-8,10,12,16H,9H2,1-4H3. The molecule has 1 heterocycles. The maximum Gasteiger partial charge on any atom is 0.228 e. The molecule has 0 spiro atoms. The number of benzene rings is 1. The Morgan fingerprint density at radius 3 is 2.70 bits per heavy atom. The van der Waals surface area contributed by atoms with E-state index >= 15 is 0 Å².